The molecule has 0 spiro atoms. The Kier molecular flexibility index (Phi) is 4.41. The van der Waals surface area contributed by atoms with Gasteiger partial charge in [-0.25, -0.2) is 4.68 Å². The van der Waals surface area contributed by atoms with Gasteiger partial charge in [0.2, 0.25) is 5.91 Å². The summed E-state index contributed by atoms with van der Waals surface area (Å²) in [5.41, 5.74) is 8.73. The normalized spacial score (nSPS) is 12.9. The zero-order chi connectivity index (χ0) is 16.2. The molecule has 2 aromatic rings. The summed E-state index contributed by atoms with van der Waals surface area (Å²) in [6, 6.07) is 9.85. The Bertz CT molecular complexity index is 722. The number of carbonyl (C=O) groups is 2. The summed E-state index contributed by atoms with van der Waals surface area (Å²) in [5, 5.41) is 7.36. The lowest BCUT2D eigenvalue weighted by molar-refractivity contribution is -0.118. The molecule has 1 aromatic heterocycles. The van der Waals surface area contributed by atoms with Crippen LogP contribution in [-0.2, 0) is 17.6 Å². The zero-order valence-electron chi connectivity index (χ0n) is 12.9. The molecule has 3 N–H and O–H groups in total. The molecule has 120 valence electrons. The van der Waals surface area contributed by atoms with E-state index in [0.29, 0.717) is 18.7 Å². The fourth-order valence-corrected chi connectivity index (χ4v) is 2.95. The van der Waals surface area contributed by atoms with Gasteiger partial charge in [0.15, 0.2) is 5.69 Å². The van der Waals surface area contributed by atoms with E-state index in [1.807, 2.05) is 35.0 Å². The van der Waals surface area contributed by atoms with Crippen molar-refractivity contribution in [1.82, 2.24) is 15.1 Å². The minimum Gasteiger partial charge on any atom is -0.370 e. The minimum atomic E-state index is -0.353. The van der Waals surface area contributed by atoms with Crippen molar-refractivity contribution < 1.29 is 9.59 Å². The highest BCUT2D eigenvalue weighted by Gasteiger charge is 2.26. The predicted octanol–water partition coefficient (Wildman–Crippen LogP) is 1.36. The van der Waals surface area contributed by atoms with Crippen LogP contribution in [0.15, 0.2) is 30.3 Å². The largest absolute Gasteiger partial charge is 0.370 e. The minimum absolute atomic E-state index is 0.178. The Labute approximate surface area is 134 Å². The summed E-state index contributed by atoms with van der Waals surface area (Å²) in [4.78, 5) is 23.1. The van der Waals surface area contributed by atoms with Crippen LogP contribution in [0.2, 0.25) is 0 Å². The lowest BCUT2D eigenvalue weighted by atomic mass is 10.2. The molecule has 0 atom stereocenters. The maximum Gasteiger partial charge on any atom is 0.272 e. The molecule has 3 rings (SSSR count). The number of para-hydroxylation sites is 1. The summed E-state index contributed by atoms with van der Waals surface area (Å²) in [7, 11) is 0. The molecule has 1 aromatic carbocycles. The van der Waals surface area contributed by atoms with E-state index in [1.165, 1.54) is 0 Å². The number of nitrogens with zero attached hydrogens (tertiary/aromatic N) is 2. The first-order valence-corrected chi connectivity index (χ1v) is 7.89. The second-order valence-corrected chi connectivity index (χ2v) is 5.70. The van der Waals surface area contributed by atoms with E-state index in [4.69, 9.17) is 5.73 Å². The molecular formula is C17H20N4O2. The van der Waals surface area contributed by atoms with Gasteiger partial charge in [-0.1, -0.05) is 18.2 Å². The first-order valence-electron chi connectivity index (χ1n) is 7.89. The van der Waals surface area contributed by atoms with E-state index in [-0.39, 0.29) is 18.2 Å². The van der Waals surface area contributed by atoms with Crippen molar-refractivity contribution in [3.63, 3.8) is 0 Å². The Balaban J connectivity index is 1.78. The van der Waals surface area contributed by atoms with Crippen LogP contribution < -0.4 is 11.1 Å². The van der Waals surface area contributed by atoms with Gasteiger partial charge in [-0.2, -0.15) is 5.10 Å². The van der Waals surface area contributed by atoms with E-state index < -0.39 is 0 Å². The van der Waals surface area contributed by atoms with E-state index in [1.54, 1.807) is 0 Å². The van der Waals surface area contributed by atoms with Crippen LogP contribution in [0.25, 0.3) is 5.69 Å². The number of nitrogens with one attached hydrogen (secondary N) is 1. The quantitative estimate of drug-likeness (QED) is 0.789. The van der Waals surface area contributed by atoms with Crippen molar-refractivity contribution in [1.29, 1.82) is 0 Å². The molecule has 1 aliphatic carbocycles. The smallest absolute Gasteiger partial charge is 0.272 e. The lowest BCUT2D eigenvalue weighted by Crippen LogP contribution is -2.27. The molecule has 1 heterocycles. The zero-order valence-corrected chi connectivity index (χ0v) is 12.9. The van der Waals surface area contributed by atoms with Crippen molar-refractivity contribution in [2.75, 3.05) is 6.54 Å². The number of primary amides is 1. The molecule has 6 heteroatoms. The van der Waals surface area contributed by atoms with Crippen LogP contribution >= 0.6 is 0 Å². The van der Waals surface area contributed by atoms with E-state index in [9.17, 15) is 9.59 Å². The van der Waals surface area contributed by atoms with Crippen molar-refractivity contribution in [3.05, 3.63) is 47.3 Å². The van der Waals surface area contributed by atoms with Crippen molar-refractivity contribution in [3.8, 4) is 5.69 Å². The summed E-state index contributed by atoms with van der Waals surface area (Å²) in [6.07, 6.45) is 3.68. The molecule has 6 nitrogen and oxygen atoms in total. The van der Waals surface area contributed by atoms with Crippen LogP contribution in [0, 0.1) is 0 Å². The van der Waals surface area contributed by atoms with Gasteiger partial charge >= 0.3 is 0 Å². The third-order valence-electron chi connectivity index (χ3n) is 4.03. The molecule has 0 saturated heterocycles. The summed E-state index contributed by atoms with van der Waals surface area (Å²) >= 11 is 0. The van der Waals surface area contributed by atoms with Gasteiger partial charge in [-0.05, 0) is 37.8 Å². The molecule has 2 amide bonds. The van der Waals surface area contributed by atoms with E-state index in [0.717, 1.165) is 36.2 Å². The maximum absolute atomic E-state index is 12.4. The fourth-order valence-electron chi connectivity index (χ4n) is 2.95. The number of hydrogen-bond donors (Lipinski definition) is 2. The van der Waals surface area contributed by atoms with E-state index >= 15 is 0 Å². The summed E-state index contributed by atoms with van der Waals surface area (Å²) in [5.74, 6) is -0.532. The van der Waals surface area contributed by atoms with Crippen LogP contribution in [0.5, 0.6) is 0 Å². The van der Waals surface area contributed by atoms with Crippen LogP contribution in [0.1, 0.15) is 41.0 Å². The first-order chi connectivity index (χ1) is 11.2. The monoisotopic (exact) mass is 312 g/mol. The van der Waals surface area contributed by atoms with Crippen molar-refractivity contribution >= 4 is 11.8 Å². The Morgan fingerprint density at radius 3 is 2.74 bits per heavy atom. The van der Waals surface area contributed by atoms with Gasteiger partial charge in [0.1, 0.15) is 0 Å². The van der Waals surface area contributed by atoms with Gasteiger partial charge in [0.25, 0.3) is 5.91 Å². The highest BCUT2D eigenvalue weighted by atomic mass is 16.2. The highest BCUT2D eigenvalue weighted by Crippen LogP contribution is 2.27. The summed E-state index contributed by atoms with van der Waals surface area (Å²) < 4.78 is 1.88. The number of benzene rings is 1. The van der Waals surface area contributed by atoms with Crippen LogP contribution in [0.3, 0.4) is 0 Å². The SMILES string of the molecule is NC(=O)CCCNC(=O)c1nn(-c2ccccc2)c2c1CCC2. The molecule has 0 bridgehead atoms. The Morgan fingerprint density at radius 2 is 2.00 bits per heavy atom. The molecule has 0 fully saturated rings. The molecular weight excluding hydrogens is 292 g/mol. The standard InChI is InChI=1S/C17H20N4O2/c18-15(22)10-5-11-19-17(23)16-13-8-4-9-14(13)21(20-16)12-6-2-1-3-7-12/h1-3,6-7H,4-5,8-11H2,(H2,18,22)(H,19,23). The topological polar surface area (TPSA) is 90.0 Å². The fraction of sp³-hybridized carbons (Fsp3) is 0.353. The van der Waals surface area contributed by atoms with Crippen LogP contribution in [0.4, 0.5) is 0 Å². The second kappa shape index (κ2) is 6.64. The van der Waals surface area contributed by atoms with Gasteiger partial charge in [-0.15, -0.1) is 0 Å². The third kappa shape index (κ3) is 3.26. The lowest BCUT2D eigenvalue weighted by Gasteiger charge is -2.05. The van der Waals surface area contributed by atoms with Gasteiger partial charge in [0, 0.05) is 24.2 Å². The molecule has 0 radical (unpaired) electrons. The first kappa shape index (κ1) is 15.3. The number of aromatic nitrogens is 2. The van der Waals surface area contributed by atoms with Crippen molar-refractivity contribution in [2.45, 2.75) is 32.1 Å². The molecule has 23 heavy (non-hydrogen) atoms. The average molecular weight is 312 g/mol. The highest BCUT2D eigenvalue weighted by molar-refractivity contribution is 5.94. The molecule has 0 saturated carbocycles. The number of amides is 2. The number of nitrogens with two attached hydrogens (primary N) is 1. The average Bonchev–Trinajstić information content (AvgIpc) is 3.14. The second-order valence-electron chi connectivity index (χ2n) is 5.70. The van der Waals surface area contributed by atoms with Crippen molar-refractivity contribution in [2.24, 2.45) is 5.73 Å². The number of carbonyl (C=O) groups excluding carboxylic acids is 2. The summed E-state index contributed by atoms with van der Waals surface area (Å²) in [6.45, 7) is 0.425. The predicted molar refractivity (Wildman–Crippen MR) is 86.4 cm³/mol. The van der Waals surface area contributed by atoms with E-state index in [2.05, 4.69) is 10.4 Å². The number of fused-ring (bicyclic) bond motifs is 1. The molecule has 0 unspecified atom stereocenters. The van der Waals surface area contributed by atoms with Gasteiger partial charge < -0.3 is 11.1 Å². The number of hydrogen-bond acceptors (Lipinski definition) is 3. The van der Waals surface area contributed by atoms with Gasteiger partial charge in [0.05, 0.1) is 5.69 Å². The molecule has 0 aliphatic heterocycles. The Morgan fingerprint density at radius 1 is 1.22 bits per heavy atom. The third-order valence-corrected chi connectivity index (χ3v) is 4.03. The van der Waals surface area contributed by atoms with Gasteiger partial charge in [-0.3, -0.25) is 9.59 Å². The maximum atomic E-state index is 12.4. The molecule has 1 aliphatic rings. The van der Waals surface area contributed by atoms with Crippen LogP contribution in [-0.4, -0.2) is 28.1 Å². The number of rotatable bonds is 6. The Hall–Kier alpha value is -2.63.